The van der Waals surface area contributed by atoms with Crippen LogP contribution in [0.25, 0.3) is 0 Å². The largest absolute Gasteiger partial charge is 0.359 e. The highest BCUT2D eigenvalue weighted by molar-refractivity contribution is 7.80. The summed E-state index contributed by atoms with van der Waals surface area (Å²) in [6, 6.07) is 17.0. The number of nitrogens with one attached hydrogen (secondary N) is 3. The predicted molar refractivity (Wildman–Crippen MR) is 109 cm³/mol. The van der Waals surface area contributed by atoms with Gasteiger partial charge in [-0.1, -0.05) is 48.0 Å². The van der Waals surface area contributed by atoms with Crippen LogP contribution in [0, 0.1) is 6.92 Å². The van der Waals surface area contributed by atoms with Gasteiger partial charge in [0.15, 0.2) is 5.11 Å². The first kappa shape index (κ1) is 18.2. The zero-order valence-electron chi connectivity index (χ0n) is 14.5. The molecule has 0 radical (unpaired) electrons. The van der Waals surface area contributed by atoms with Gasteiger partial charge in [0, 0.05) is 35.2 Å². The third kappa shape index (κ3) is 5.18. The molecule has 0 unspecified atom stereocenters. The maximum atomic E-state index is 6.17. The summed E-state index contributed by atoms with van der Waals surface area (Å²) in [6.07, 6.45) is 2.27. The van der Waals surface area contributed by atoms with Gasteiger partial charge in [0.25, 0.3) is 0 Å². The topological polar surface area (TPSA) is 28.5 Å². The number of benzene rings is 2. The Kier molecular flexibility index (Phi) is 6.29. The first-order valence-corrected chi connectivity index (χ1v) is 9.60. The summed E-state index contributed by atoms with van der Waals surface area (Å²) in [6.45, 7) is 5.45. The van der Waals surface area contributed by atoms with E-state index in [1.807, 2.05) is 25.1 Å². The zero-order valence-corrected chi connectivity index (χ0v) is 16.1. The highest BCUT2D eigenvalue weighted by Crippen LogP contribution is 2.22. The number of hydrogen-bond acceptors (Lipinski definition) is 1. The zero-order chi connectivity index (χ0) is 17.6. The summed E-state index contributed by atoms with van der Waals surface area (Å²) in [7, 11) is 0. The van der Waals surface area contributed by atoms with E-state index in [4.69, 9.17) is 23.8 Å². The molecule has 1 aliphatic heterocycles. The van der Waals surface area contributed by atoms with Gasteiger partial charge < -0.3 is 15.5 Å². The highest BCUT2D eigenvalue weighted by Gasteiger charge is 2.22. The second kappa shape index (κ2) is 8.65. The van der Waals surface area contributed by atoms with Crippen molar-refractivity contribution < 1.29 is 4.90 Å². The number of likely N-dealkylation sites (tertiary alicyclic amines) is 1. The number of rotatable bonds is 4. The number of anilines is 1. The van der Waals surface area contributed by atoms with Crippen LogP contribution in [-0.4, -0.2) is 24.2 Å². The molecule has 0 aliphatic carbocycles. The van der Waals surface area contributed by atoms with Crippen molar-refractivity contribution in [1.82, 2.24) is 5.32 Å². The van der Waals surface area contributed by atoms with Crippen molar-refractivity contribution in [3.63, 3.8) is 0 Å². The van der Waals surface area contributed by atoms with Crippen LogP contribution in [-0.2, 0) is 6.54 Å². The Labute approximate surface area is 160 Å². The van der Waals surface area contributed by atoms with Crippen molar-refractivity contribution in [3.05, 3.63) is 64.7 Å². The van der Waals surface area contributed by atoms with Gasteiger partial charge in [-0.15, -0.1) is 0 Å². The van der Waals surface area contributed by atoms with E-state index in [-0.39, 0.29) is 0 Å². The first-order chi connectivity index (χ1) is 12.1. The molecule has 132 valence electrons. The van der Waals surface area contributed by atoms with Gasteiger partial charge in [0.1, 0.15) is 6.54 Å². The van der Waals surface area contributed by atoms with E-state index in [1.54, 1.807) is 4.90 Å². The molecule has 0 spiro atoms. The van der Waals surface area contributed by atoms with Gasteiger partial charge in [-0.2, -0.15) is 0 Å². The summed E-state index contributed by atoms with van der Waals surface area (Å²) >= 11 is 11.6. The fraction of sp³-hybridized carbons (Fsp3) is 0.350. The number of piperidine rings is 1. The van der Waals surface area contributed by atoms with E-state index in [1.165, 1.54) is 18.7 Å². The molecule has 1 saturated heterocycles. The molecular weight excluding hydrogens is 350 g/mol. The van der Waals surface area contributed by atoms with Crippen molar-refractivity contribution in [2.75, 3.05) is 18.4 Å². The quantitative estimate of drug-likeness (QED) is 0.718. The van der Waals surface area contributed by atoms with Crippen molar-refractivity contribution in [2.45, 2.75) is 32.4 Å². The Bertz CT molecular complexity index is 712. The van der Waals surface area contributed by atoms with Crippen LogP contribution >= 0.6 is 23.8 Å². The van der Waals surface area contributed by atoms with Gasteiger partial charge in [-0.3, -0.25) is 0 Å². The molecular formula is C20H25ClN3S+. The van der Waals surface area contributed by atoms with E-state index in [2.05, 4.69) is 41.0 Å². The molecule has 1 heterocycles. The summed E-state index contributed by atoms with van der Waals surface area (Å²) < 4.78 is 0. The van der Waals surface area contributed by atoms with E-state index in [0.717, 1.165) is 35.7 Å². The lowest BCUT2D eigenvalue weighted by Gasteiger charge is -2.30. The summed E-state index contributed by atoms with van der Waals surface area (Å²) in [4.78, 5) is 1.65. The Balaban J connectivity index is 1.45. The predicted octanol–water partition coefficient (Wildman–Crippen LogP) is 3.18. The average Bonchev–Trinajstić information content (AvgIpc) is 2.62. The number of thiocarbonyl (C=S) groups is 1. The maximum Gasteiger partial charge on any atom is 0.171 e. The van der Waals surface area contributed by atoms with Crippen molar-refractivity contribution in [2.24, 2.45) is 0 Å². The molecule has 2 aromatic carbocycles. The van der Waals surface area contributed by atoms with Crippen LogP contribution in [0.2, 0.25) is 5.02 Å². The van der Waals surface area contributed by atoms with Crippen molar-refractivity contribution in [1.29, 1.82) is 0 Å². The van der Waals surface area contributed by atoms with Gasteiger partial charge in [0.05, 0.1) is 13.1 Å². The van der Waals surface area contributed by atoms with Crippen LogP contribution in [0.3, 0.4) is 0 Å². The summed E-state index contributed by atoms with van der Waals surface area (Å²) in [5.74, 6) is 0. The molecule has 2 aromatic rings. The molecule has 0 amide bonds. The number of halogens is 1. The Morgan fingerprint density at radius 2 is 1.84 bits per heavy atom. The second-order valence-corrected chi connectivity index (χ2v) is 7.51. The monoisotopic (exact) mass is 374 g/mol. The van der Waals surface area contributed by atoms with Crippen LogP contribution in [0.15, 0.2) is 48.5 Å². The summed E-state index contributed by atoms with van der Waals surface area (Å²) in [5.41, 5.74) is 3.41. The Morgan fingerprint density at radius 3 is 2.56 bits per heavy atom. The smallest absolute Gasteiger partial charge is 0.171 e. The number of hydrogen-bond donors (Lipinski definition) is 3. The minimum Gasteiger partial charge on any atom is -0.359 e. The standard InChI is InChI=1S/C20H24ClN3S/c1-15-18(21)8-5-9-19(15)23-20(25)22-17-10-12-24(13-11-17)14-16-6-3-2-4-7-16/h2-9,17H,10-14H2,1H3,(H2,22,23,25)/p+1. The molecule has 5 heteroatoms. The third-order valence-electron chi connectivity index (χ3n) is 4.84. The maximum absolute atomic E-state index is 6.17. The minimum absolute atomic E-state index is 0.444. The normalized spacial score (nSPS) is 20.1. The fourth-order valence-electron chi connectivity index (χ4n) is 3.32. The van der Waals surface area contributed by atoms with Gasteiger partial charge >= 0.3 is 0 Å². The number of quaternary nitrogens is 1. The van der Waals surface area contributed by atoms with Crippen LogP contribution in [0.4, 0.5) is 5.69 Å². The lowest BCUT2D eigenvalue weighted by molar-refractivity contribution is -0.918. The lowest BCUT2D eigenvalue weighted by Crippen LogP contribution is -3.12. The first-order valence-electron chi connectivity index (χ1n) is 8.82. The Morgan fingerprint density at radius 1 is 1.12 bits per heavy atom. The van der Waals surface area contributed by atoms with E-state index in [9.17, 15) is 0 Å². The molecule has 3 N–H and O–H groups in total. The van der Waals surface area contributed by atoms with Gasteiger partial charge in [-0.25, -0.2) is 0 Å². The third-order valence-corrected chi connectivity index (χ3v) is 5.47. The molecule has 1 aliphatic rings. The molecule has 0 bridgehead atoms. The van der Waals surface area contributed by atoms with Gasteiger partial charge in [-0.05, 0) is 36.8 Å². The second-order valence-electron chi connectivity index (χ2n) is 6.70. The van der Waals surface area contributed by atoms with Crippen molar-refractivity contribution in [3.8, 4) is 0 Å². The Hall–Kier alpha value is -1.62. The van der Waals surface area contributed by atoms with E-state index in [0.29, 0.717) is 11.2 Å². The van der Waals surface area contributed by atoms with Gasteiger partial charge in [0.2, 0.25) is 0 Å². The molecule has 1 fully saturated rings. The SMILES string of the molecule is Cc1c(Cl)cccc1NC(=S)NC1CC[NH+](Cc2ccccc2)CC1. The molecule has 3 rings (SSSR count). The lowest BCUT2D eigenvalue weighted by atomic mass is 10.0. The molecule has 0 atom stereocenters. The average molecular weight is 375 g/mol. The molecule has 3 nitrogen and oxygen atoms in total. The molecule has 0 aromatic heterocycles. The van der Waals surface area contributed by atoms with E-state index < -0.39 is 0 Å². The van der Waals surface area contributed by atoms with E-state index >= 15 is 0 Å². The highest BCUT2D eigenvalue weighted by atomic mass is 35.5. The fourth-order valence-corrected chi connectivity index (χ4v) is 3.77. The minimum atomic E-state index is 0.444. The molecule has 0 saturated carbocycles. The van der Waals surface area contributed by atoms with Crippen molar-refractivity contribution >= 4 is 34.6 Å². The van der Waals surface area contributed by atoms with Crippen LogP contribution in [0.1, 0.15) is 24.0 Å². The van der Waals surface area contributed by atoms with Crippen LogP contribution < -0.4 is 15.5 Å². The van der Waals surface area contributed by atoms with Crippen LogP contribution in [0.5, 0.6) is 0 Å². The summed E-state index contributed by atoms with van der Waals surface area (Å²) in [5, 5.41) is 8.18. The molecule has 25 heavy (non-hydrogen) atoms.